The standard InChI is InChI=1S/C20H28NSi.C19H26NSi.2Ir/c1-14(2)8-18-12-19(21-13-20(18)22(5,6)7)17-10-15(3)9-16(4)11-17;1-13(2)17-11-18(20-12-19(17)21(5,6)7)16-9-14(3)8-15(4)10-16;;/h9-10,12-14H,8H2,1-7H3;8-9,11-13H,1-7H3;;/q2*-1;;. The van der Waals surface area contributed by atoms with Crippen LogP contribution in [-0.2, 0) is 46.6 Å². The van der Waals surface area contributed by atoms with E-state index in [9.17, 15) is 0 Å². The van der Waals surface area contributed by atoms with Gasteiger partial charge in [0.2, 0.25) is 0 Å². The molecule has 2 aromatic carbocycles. The molecule has 2 aromatic heterocycles. The van der Waals surface area contributed by atoms with E-state index in [4.69, 9.17) is 9.97 Å². The van der Waals surface area contributed by atoms with E-state index < -0.39 is 16.1 Å². The summed E-state index contributed by atoms with van der Waals surface area (Å²) in [6.07, 6.45) is 5.37. The molecule has 45 heavy (non-hydrogen) atoms. The second-order valence-corrected chi connectivity index (χ2v) is 25.2. The summed E-state index contributed by atoms with van der Waals surface area (Å²) in [5.74, 6) is 1.19. The third kappa shape index (κ3) is 11.9. The Morgan fingerprint density at radius 1 is 0.600 bits per heavy atom. The van der Waals surface area contributed by atoms with Crippen LogP contribution in [0.15, 0.2) is 48.8 Å². The molecular formula is C39H54Ir2N2Si2-2. The maximum absolute atomic E-state index is 4.77. The van der Waals surface area contributed by atoms with Crippen LogP contribution in [-0.4, -0.2) is 26.1 Å². The van der Waals surface area contributed by atoms with E-state index in [1.165, 1.54) is 43.8 Å². The van der Waals surface area contributed by atoms with E-state index in [1.807, 2.05) is 0 Å². The number of benzene rings is 2. The quantitative estimate of drug-likeness (QED) is 0.136. The average molecular weight is 991 g/mol. The van der Waals surface area contributed by atoms with E-state index in [0.717, 1.165) is 28.9 Å². The van der Waals surface area contributed by atoms with Crippen molar-refractivity contribution in [2.45, 2.75) is 107 Å². The van der Waals surface area contributed by atoms with Crippen molar-refractivity contribution in [2.75, 3.05) is 0 Å². The zero-order valence-electron chi connectivity index (χ0n) is 30.0. The van der Waals surface area contributed by atoms with E-state index in [1.54, 1.807) is 0 Å². The van der Waals surface area contributed by atoms with E-state index >= 15 is 0 Å². The fourth-order valence-electron chi connectivity index (χ4n) is 5.72. The van der Waals surface area contributed by atoms with Crippen LogP contribution in [0.2, 0.25) is 39.3 Å². The van der Waals surface area contributed by atoms with Gasteiger partial charge in [-0.15, -0.1) is 69.8 Å². The van der Waals surface area contributed by atoms with Crippen molar-refractivity contribution in [1.29, 1.82) is 0 Å². The first-order valence-corrected chi connectivity index (χ1v) is 22.9. The zero-order valence-corrected chi connectivity index (χ0v) is 36.8. The Hall–Kier alpha value is -1.53. The summed E-state index contributed by atoms with van der Waals surface area (Å²) in [5, 5.41) is 2.97. The number of hydrogen-bond donors (Lipinski definition) is 0. The monoisotopic (exact) mass is 992 g/mol. The Morgan fingerprint density at radius 3 is 1.40 bits per heavy atom. The fourth-order valence-corrected chi connectivity index (χ4v) is 8.99. The molecule has 0 saturated heterocycles. The van der Waals surface area contributed by atoms with Crippen molar-refractivity contribution >= 4 is 26.5 Å². The van der Waals surface area contributed by atoms with Crippen LogP contribution in [0.25, 0.3) is 22.5 Å². The van der Waals surface area contributed by atoms with Gasteiger partial charge in [0.15, 0.2) is 0 Å². The third-order valence-corrected chi connectivity index (χ3v) is 11.7. The van der Waals surface area contributed by atoms with E-state index in [2.05, 4.69) is 156 Å². The van der Waals surface area contributed by atoms with Gasteiger partial charge in [0.25, 0.3) is 0 Å². The number of hydrogen-bond acceptors (Lipinski definition) is 2. The van der Waals surface area contributed by atoms with Crippen molar-refractivity contribution in [1.82, 2.24) is 9.97 Å². The van der Waals surface area contributed by atoms with E-state index in [-0.39, 0.29) is 40.2 Å². The number of aromatic nitrogens is 2. The molecule has 4 rings (SSSR count). The van der Waals surface area contributed by atoms with Gasteiger partial charge >= 0.3 is 0 Å². The molecular weight excluding hydrogens is 937 g/mol. The number of nitrogens with zero attached hydrogens (tertiary/aromatic N) is 2. The summed E-state index contributed by atoms with van der Waals surface area (Å²) in [4.78, 5) is 9.51. The molecule has 0 aliphatic heterocycles. The minimum Gasteiger partial charge on any atom is -0.305 e. The Bertz CT molecular complexity index is 1520. The SMILES string of the molecule is Cc1[c-]c(-c2cc(C(C)C)c([Si](C)(C)C)cn2)cc(C)c1.Cc1[c-]c(-c2cc(CC(C)C)c([Si](C)(C)C)cn2)cc(C)c1.[Ir].[Ir]. The molecule has 6 heteroatoms. The minimum absolute atomic E-state index is 0. The second kappa shape index (κ2) is 17.0. The summed E-state index contributed by atoms with van der Waals surface area (Å²) < 4.78 is 0. The van der Waals surface area contributed by atoms with Gasteiger partial charge in [-0.05, 0) is 40.0 Å². The molecule has 2 heterocycles. The third-order valence-electron chi connectivity index (χ3n) is 7.64. The molecule has 248 valence electrons. The molecule has 2 radical (unpaired) electrons. The van der Waals surface area contributed by atoms with Gasteiger partial charge in [-0.25, -0.2) is 0 Å². The Labute approximate surface area is 304 Å². The predicted molar refractivity (Wildman–Crippen MR) is 195 cm³/mol. The topological polar surface area (TPSA) is 25.8 Å². The van der Waals surface area contributed by atoms with Crippen LogP contribution >= 0.6 is 0 Å². The summed E-state index contributed by atoms with van der Waals surface area (Å²) in [6, 6.07) is 20.1. The van der Waals surface area contributed by atoms with Crippen molar-refractivity contribution in [3.63, 3.8) is 0 Å². The first kappa shape index (κ1) is 41.5. The van der Waals surface area contributed by atoms with Crippen LogP contribution in [0.1, 0.15) is 67.0 Å². The first-order valence-electron chi connectivity index (χ1n) is 15.9. The van der Waals surface area contributed by atoms with Crippen LogP contribution in [0.4, 0.5) is 0 Å². The minimum atomic E-state index is -1.36. The Balaban J connectivity index is 0.000000431. The smallest absolute Gasteiger partial charge is 0.0799 e. The van der Waals surface area contributed by atoms with Gasteiger partial charge < -0.3 is 9.97 Å². The molecule has 0 bridgehead atoms. The normalized spacial score (nSPS) is 11.5. The molecule has 0 unspecified atom stereocenters. The van der Waals surface area contributed by atoms with Crippen molar-refractivity contribution in [3.05, 3.63) is 94.3 Å². The summed E-state index contributed by atoms with van der Waals surface area (Å²) >= 11 is 0. The van der Waals surface area contributed by atoms with Crippen LogP contribution < -0.4 is 10.4 Å². The molecule has 0 spiro atoms. The Kier molecular flexibility index (Phi) is 15.7. The van der Waals surface area contributed by atoms with Gasteiger partial charge in [0.05, 0.1) is 16.1 Å². The zero-order chi connectivity index (χ0) is 32.3. The fraction of sp³-hybridized carbons (Fsp3) is 0.436. The summed E-state index contributed by atoms with van der Waals surface area (Å²) in [6.45, 7) is 31.9. The molecule has 0 saturated carbocycles. The molecule has 2 nitrogen and oxygen atoms in total. The van der Waals surface area contributed by atoms with Gasteiger partial charge in [-0.1, -0.05) is 118 Å². The molecule has 0 N–H and O–H groups in total. The molecule has 0 aliphatic rings. The molecule has 4 aromatic rings. The Morgan fingerprint density at radius 2 is 1.02 bits per heavy atom. The predicted octanol–water partition coefficient (Wildman–Crippen LogP) is 9.74. The number of rotatable bonds is 7. The van der Waals surface area contributed by atoms with Gasteiger partial charge in [0.1, 0.15) is 0 Å². The molecule has 0 aliphatic carbocycles. The molecule has 0 atom stereocenters. The van der Waals surface area contributed by atoms with Crippen molar-refractivity contribution in [2.24, 2.45) is 5.92 Å². The second-order valence-electron chi connectivity index (χ2n) is 15.1. The van der Waals surface area contributed by atoms with Crippen molar-refractivity contribution in [3.8, 4) is 22.5 Å². The van der Waals surface area contributed by atoms with E-state index in [0.29, 0.717) is 11.8 Å². The van der Waals surface area contributed by atoms with Crippen LogP contribution in [0, 0.1) is 45.7 Å². The molecule has 0 amide bonds. The maximum Gasteiger partial charge on any atom is 0.0799 e. The largest absolute Gasteiger partial charge is 0.305 e. The van der Waals surface area contributed by atoms with Crippen molar-refractivity contribution < 1.29 is 40.2 Å². The summed E-state index contributed by atoms with van der Waals surface area (Å²) in [7, 11) is -2.72. The average Bonchev–Trinajstić information content (AvgIpc) is 2.86. The number of pyridine rings is 2. The van der Waals surface area contributed by atoms with Gasteiger partial charge in [-0.3, -0.25) is 0 Å². The van der Waals surface area contributed by atoms with Gasteiger partial charge in [-0.2, -0.15) is 0 Å². The summed E-state index contributed by atoms with van der Waals surface area (Å²) in [5.41, 5.74) is 12.1. The molecule has 0 fully saturated rings. The number of aryl methyl sites for hydroxylation is 4. The van der Waals surface area contributed by atoms with Crippen LogP contribution in [0.5, 0.6) is 0 Å². The first-order chi connectivity index (χ1) is 19.8. The van der Waals surface area contributed by atoms with Gasteiger partial charge in [0, 0.05) is 52.6 Å². The maximum atomic E-state index is 4.77. The van der Waals surface area contributed by atoms with Crippen LogP contribution in [0.3, 0.4) is 0 Å².